The minimum absolute atomic E-state index is 0.325. The molecule has 1 aromatic heterocycles. The normalized spacial score (nSPS) is 10.6. The van der Waals surface area contributed by atoms with Crippen LogP contribution in [0.25, 0.3) is 0 Å². The van der Waals surface area contributed by atoms with Gasteiger partial charge in [0, 0.05) is 31.5 Å². The summed E-state index contributed by atoms with van der Waals surface area (Å²) < 4.78 is 7.84. The molecule has 0 atom stereocenters. The molecule has 0 radical (unpaired) electrons. The molecule has 2 aromatic rings. The van der Waals surface area contributed by atoms with Crippen LogP contribution in [0.5, 0.6) is 5.75 Å². The van der Waals surface area contributed by atoms with Gasteiger partial charge in [-0.2, -0.15) is 0 Å². The van der Waals surface area contributed by atoms with E-state index >= 15 is 0 Å². The van der Waals surface area contributed by atoms with Crippen molar-refractivity contribution in [3.05, 3.63) is 62.4 Å². The third-order valence-electron chi connectivity index (χ3n) is 3.15. The summed E-state index contributed by atoms with van der Waals surface area (Å²) in [6, 6.07) is 5.54. The summed E-state index contributed by atoms with van der Waals surface area (Å²) in [5.41, 5.74) is 6.33. The first kappa shape index (κ1) is 14.1. The van der Waals surface area contributed by atoms with Gasteiger partial charge in [-0.3, -0.25) is 9.59 Å². The minimum Gasteiger partial charge on any atom is -0.496 e. The van der Waals surface area contributed by atoms with Crippen molar-refractivity contribution >= 4 is 0 Å². The van der Waals surface area contributed by atoms with Crippen LogP contribution < -0.4 is 21.6 Å². The molecule has 1 heterocycles. The molecule has 20 heavy (non-hydrogen) atoms. The average Bonchev–Trinajstić information content (AvgIpc) is 2.47. The summed E-state index contributed by atoms with van der Waals surface area (Å²) in [4.78, 5) is 23.4. The van der Waals surface area contributed by atoms with Crippen molar-refractivity contribution in [3.63, 3.8) is 0 Å². The molecule has 0 aliphatic carbocycles. The standard InChI is InChI=1S/C14H17N3O3/c1-16-5-6-17(14(19)13(16)18)9-10-3-4-12(20-2)11(7-10)8-15/h3-7H,8-9,15H2,1-2H3. The number of hydrogen-bond acceptors (Lipinski definition) is 4. The van der Waals surface area contributed by atoms with Crippen molar-refractivity contribution < 1.29 is 4.74 Å². The van der Waals surface area contributed by atoms with E-state index in [1.165, 1.54) is 9.13 Å². The summed E-state index contributed by atoms with van der Waals surface area (Å²) in [7, 11) is 3.13. The fourth-order valence-corrected chi connectivity index (χ4v) is 2.00. The van der Waals surface area contributed by atoms with E-state index in [2.05, 4.69) is 0 Å². The van der Waals surface area contributed by atoms with Gasteiger partial charge in [0.2, 0.25) is 0 Å². The van der Waals surface area contributed by atoms with E-state index in [0.717, 1.165) is 11.1 Å². The summed E-state index contributed by atoms with van der Waals surface area (Å²) in [5.74, 6) is 0.715. The van der Waals surface area contributed by atoms with Crippen LogP contribution in [0.2, 0.25) is 0 Å². The second-order valence-corrected chi connectivity index (χ2v) is 4.50. The summed E-state index contributed by atoms with van der Waals surface area (Å²) in [6.07, 6.45) is 3.16. The third kappa shape index (κ3) is 2.65. The van der Waals surface area contributed by atoms with Gasteiger partial charge in [0.25, 0.3) is 0 Å². The SMILES string of the molecule is COc1ccc(Cn2ccn(C)c(=O)c2=O)cc1CN. The lowest BCUT2D eigenvalue weighted by atomic mass is 10.1. The fraction of sp³-hybridized carbons (Fsp3) is 0.286. The molecule has 0 saturated carbocycles. The molecule has 0 aliphatic rings. The van der Waals surface area contributed by atoms with E-state index in [4.69, 9.17) is 10.5 Å². The number of benzene rings is 1. The predicted octanol–water partition coefficient (Wildman–Crippen LogP) is 0.0626. The van der Waals surface area contributed by atoms with Crippen LogP contribution in [0, 0.1) is 0 Å². The maximum atomic E-state index is 11.9. The Morgan fingerprint density at radius 3 is 2.60 bits per heavy atom. The number of ether oxygens (including phenoxy) is 1. The molecule has 0 aliphatic heterocycles. The first-order valence-electron chi connectivity index (χ1n) is 6.18. The number of aryl methyl sites for hydroxylation is 1. The lowest BCUT2D eigenvalue weighted by molar-refractivity contribution is 0.409. The zero-order valence-corrected chi connectivity index (χ0v) is 11.5. The van der Waals surface area contributed by atoms with Gasteiger partial charge in [-0.15, -0.1) is 0 Å². The van der Waals surface area contributed by atoms with E-state index in [-0.39, 0.29) is 0 Å². The van der Waals surface area contributed by atoms with E-state index in [1.54, 1.807) is 26.6 Å². The van der Waals surface area contributed by atoms with E-state index in [0.29, 0.717) is 18.8 Å². The molecular formula is C14H17N3O3. The highest BCUT2D eigenvalue weighted by Gasteiger charge is 2.06. The van der Waals surface area contributed by atoms with Crippen molar-refractivity contribution in [2.75, 3.05) is 7.11 Å². The quantitative estimate of drug-likeness (QED) is 0.800. The molecule has 2 rings (SSSR count). The molecule has 106 valence electrons. The summed E-state index contributed by atoms with van der Waals surface area (Å²) in [6.45, 7) is 0.675. The van der Waals surface area contributed by atoms with Gasteiger partial charge in [-0.05, 0) is 17.7 Å². The van der Waals surface area contributed by atoms with Gasteiger partial charge < -0.3 is 19.6 Å². The highest BCUT2D eigenvalue weighted by Crippen LogP contribution is 2.19. The van der Waals surface area contributed by atoms with E-state index < -0.39 is 11.1 Å². The Labute approximate surface area is 116 Å². The lowest BCUT2D eigenvalue weighted by Crippen LogP contribution is -2.39. The van der Waals surface area contributed by atoms with Crippen LogP contribution in [-0.4, -0.2) is 16.2 Å². The summed E-state index contributed by atoms with van der Waals surface area (Å²) >= 11 is 0. The van der Waals surface area contributed by atoms with Gasteiger partial charge in [0.15, 0.2) is 0 Å². The molecule has 0 fully saturated rings. The van der Waals surface area contributed by atoms with Crippen LogP contribution in [0.4, 0.5) is 0 Å². The molecule has 0 unspecified atom stereocenters. The highest BCUT2D eigenvalue weighted by atomic mass is 16.5. The zero-order valence-electron chi connectivity index (χ0n) is 11.5. The van der Waals surface area contributed by atoms with Crippen molar-refractivity contribution in [3.8, 4) is 5.75 Å². The first-order chi connectivity index (χ1) is 9.56. The molecule has 6 heteroatoms. The largest absolute Gasteiger partial charge is 0.496 e. The zero-order chi connectivity index (χ0) is 14.7. The van der Waals surface area contributed by atoms with Crippen LogP contribution in [0.15, 0.2) is 40.2 Å². The molecule has 6 nitrogen and oxygen atoms in total. The number of aromatic nitrogens is 2. The van der Waals surface area contributed by atoms with Crippen molar-refractivity contribution in [2.45, 2.75) is 13.1 Å². The topological polar surface area (TPSA) is 79.2 Å². The molecule has 2 N–H and O–H groups in total. The average molecular weight is 275 g/mol. The van der Waals surface area contributed by atoms with E-state index in [9.17, 15) is 9.59 Å². The predicted molar refractivity (Wildman–Crippen MR) is 75.9 cm³/mol. The maximum Gasteiger partial charge on any atom is 0.316 e. The van der Waals surface area contributed by atoms with Gasteiger partial charge >= 0.3 is 11.1 Å². The van der Waals surface area contributed by atoms with Crippen molar-refractivity contribution in [2.24, 2.45) is 12.8 Å². The lowest BCUT2D eigenvalue weighted by Gasteiger charge is -2.10. The van der Waals surface area contributed by atoms with Crippen LogP contribution in [0.3, 0.4) is 0 Å². The second-order valence-electron chi connectivity index (χ2n) is 4.50. The smallest absolute Gasteiger partial charge is 0.316 e. The van der Waals surface area contributed by atoms with Crippen LogP contribution >= 0.6 is 0 Å². The fourth-order valence-electron chi connectivity index (χ4n) is 2.00. The highest BCUT2D eigenvalue weighted by molar-refractivity contribution is 5.37. The van der Waals surface area contributed by atoms with Gasteiger partial charge in [-0.1, -0.05) is 6.07 Å². The molecule has 0 saturated heterocycles. The van der Waals surface area contributed by atoms with Gasteiger partial charge in [0.1, 0.15) is 5.75 Å². The Hall–Kier alpha value is -2.34. The molecule has 0 amide bonds. The minimum atomic E-state index is -0.542. The summed E-state index contributed by atoms with van der Waals surface area (Å²) in [5, 5.41) is 0. The number of hydrogen-bond donors (Lipinski definition) is 1. The second kappa shape index (κ2) is 5.75. The van der Waals surface area contributed by atoms with Crippen LogP contribution in [-0.2, 0) is 20.1 Å². The molecular weight excluding hydrogens is 258 g/mol. The Kier molecular flexibility index (Phi) is 4.05. The van der Waals surface area contributed by atoms with E-state index in [1.807, 2.05) is 18.2 Å². The Bertz CT molecular complexity index is 731. The Morgan fingerprint density at radius 2 is 1.95 bits per heavy atom. The Morgan fingerprint density at radius 1 is 1.20 bits per heavy atom. The maximum absolute atomic E-state index is 11.9. The van der Waals surface area contributed by atoms with Gasteiger partial charge in [-0.25, -0.2) is 0 Å². The van der Waals surface area contributed by atoms with Gasteiger partial charge in [0.05, 0.1) is 13.7 Å². The first-order valence-corrected chi connectivity index (χ1v) is 6.18. The number of methoxy groups -OCH3 is 1. The number of nitrogens with zero attached hydrogens (tertiary/aromatic N) is 2. The third-order valence-corrected chi connectivity index (χ3v) is 3.15. The van der Waals surface area contributed by atoms with Crippen LogP contribution in [0.1, 0.15) is 11.1 Å². The van der Waals surface area contributed by atoms with Crippen molar-refractivity contribution in [1.82, 2.24) is 9.13 Å². The number of rotatable bonds is 4. The monoisotopic (exact) mass is 275 g/mol. The molecule has 1 aromatic carbocycles. The molecule has 0 bridgehead atoms. The van der Waals surface area contributed by atoms with Crippen molar-refractivity contribution in [1.29, 1.82) is 0 Å². The Balaban J connectivity index is 2.38. The number of nitrogens with two attached hydrogens (primary N) is 1. The molecule has 0 spiro atoms.